The molecule has 0 spiro atoms. The average Bonchev–Trinajstić information content (AvgIpc) is 3.12. The van der Waals surface area contributed by atoms with Gasteiger partial charge in [-0.25, -0.2) is 4.98 Å². The summed E-state index contributed by atoms with van der Waals surface area (Å²) in [7, 11) is 2.02. The van der Waals surface area contributed by atoms with Crippen LogP contribution in [0.25, 0.3) is 10.8 Å². The van der Waals surface area contributed by atoms with E-state index < -0.39 is 0 Å². The van der Waals surface area contributed by atoms with E-state index in [4.69, 9.17) is 4.42 Å². The second-order valence-corrected chi connectivity index (χ2v) is 5.89. The Labute approximate surface area is 141 Å². The molecular weight excluding hydrogens is 329 g/mol. The minimum atomic E-state index is 0. The van der Waals surface area contributed by atoms with E-state index in [1.165, 1.54) is 12.8 Å². The van der Waals surface area contributed by atoms with E-state index in [1.54, 1.807) is 17.6 Å². The summed E-state index contributed by atoms with van der Waals surface area (Å²) in [5.41, 5.74) is 1.03. The van der Waals surface area contributed by atoms with Gasteiger partial charge in [0.15, 0.2) is 0 Å². The van der Waals surface area contributed by atoms with E-state index >= 15 is 0 Å². The van der Waals surface area contributed by atoms with Crippen molar-refractivity contribution in [2.45, 2.75) is 25.4 Å². The van der Waals surface area contributed by atoms with Crippen molar-refractivity contribution in [2.24, 2.45) is 0 Å². The van der Waals surface area contributed by atoms with Gasteiger partial charge in [0.05, 0.1) is 10.6 Å². The highest BCUT2D eigenvalue weighted by Crippen LogP contribution is 2.25. The molecule has 0 saturated carbocycles. The van der Waals surface area contributed by atoms with Gasteiger partial charge in [0, 0.05) is 19.1 Å². The molecule has 7 heteroatoms. The fourth-order valence-electron chi connectivity index (χ4n) is 2.67. The number of rotatable bonds is 5. The molecule has 0 aliphatic carbocycles. The summed E-state index contributed by atoms with van der Waals surface area (Å²) in [6.45, 7) is 3.10. The van der Waals surface area contributed by atoms with Gasteiger partial charge in [0.1, 0.15) is 6.26 Å². The first-order valence-corrected chi connectivity index (χ1v) is 7.61. The second-order valence-electron chi connectivity index (χ2n) is 4.95. The van der Waals surface area contributed by atoms with Crippen molar-refractivity contribution < 1.29 is 4.42 Å². The maximum Gasteiger partial charge on any atom is 0.236 e. The monoisotopic (exact) mass is 349 g/mol. The summed E-state index contributed by atoms with van der Waals surface area (Å²) in [5.74, 6) is 0.745. The van der Waals surface area contributed by atoms with Crippen molar-refractivity contribution in [2.75, 3.05) is 20.1 Å². The topological polar surface area (TPSA) is 41.3 Å². The van der Waals surface area contributed by atoms with Crippen molar-refractivity contribution in [3.8, 4) is 10.8 Å². The molecule has 1 aliphatic heterocycles. The minimum Gasteiger partial charge on any atom is -0.444 e. The number of oxazole rings is 1. The molecule has 0 radical (unpaired) electrons. The SMILES string of the molecule is CNCC1CCCN1Cc1coc(-c2cccs2)n1.Cl.Cl. The highest BCUT2D eigenvalue weighted by Gasteiger charge is 2.24. The van der Waals surface area contributed by atoms with Gasteiger partial charge in [-0.1, -0.05) is 6.07 Å². The van der Waals surface area contributed by atoms with E-state index in [1.807, 2.05) is 24.6 Å². The van der Waals surface area contributed by atoms with Crippen LogP contribution in [-0.2, 0) is 6.54 Å². The molecule has 0 amide bonds. The molecule has 21 heavy (non-hydrogen) atoms. The van der Waals surface area contributed by atoms with Crippen molar-refractivity contribution in [1.29, 1.82) is 0 Å². The first-order chi connectivity index (χ1) is 9.36. The third kappa shape index (κ3) is 4.44. The zero-order valence-electron chi connectivity index (χ0n) is 11.9. The molecule has 1 aliphatic rings. The fraction of sp³-hybridized carbons (Fsp3) is 0.500. The van der Waals surface area contributed by atoms with E-state index in [2.05, 4.69) is 15.2 Å². The van der Waals surface area contributed by atoms with Crippen LogP contribution >= 0.6 is 36.2 Å². The predicted octanol–water partition coefficient (Wildman–Crippen LogP) is 3.43. The number of hydrogen-bond donors (Lipinski definition) is 1. The van der Waals surface area contributed by atoms with Gasteiger partial charge in [-0.05, 0) is 37.9 Å². The predicted molar refractivity (Wildman–Crippen MR) is 91.7 cm³/mol. The minimum absolute atomic E-state index is 0. The second kappa shape index (κ2) is 8.76. The van der Waals surface area contributed by atoms with Gasteiger partial charge in [-0.3, -0.25) is 4.90 Å². The normalized spacial score (nSPS) is 18.2. The maximum atomic E-state index is 5.57. The first kappa shape index (κ1) is 18.5. The van der Waals surface area contributed by atoms with Crippen molar-refractivity contribution in [1.82, 2.24) is 15.2 Å². The molecule has 2 aromatic heterocycles. The number of likely N-dealkylation sites (tertiary alicyclic amines) is 1. The third-order valence-electron chi connectivity index (χ3n) is 3.59. The van der Waals surface area contributed by atoms with Gasteiger partial charge in [-0.2, -0.15) is 0 Å². The van der Waals surface area contributed by atoms with Gasteiger partial charge < -0.3 is 9.73 Å². The zero-order valence-corrected chi connectivity index (χ0v) is 14.4. The van der Waals surface area contributed by atoms with Crippen LogP contribution in [0.3, 0.4) is 0 Å². The van der Waals surface area contributed by atoms with Crippen LogP contribution in [0.4, 0.5) is 0 Å². The van der Waals surface area contributed by atoms with Gasteiger partial charge >= 0.3 is 0 Å². The quantitative estimate of drug-likeness (QED) is 0.897. The Morgan fingerprint density at radius 3 is 3.05 bits per heavy atom. The van der Waals surface area contributed by atoms with Crippen LogP contribution < -0.4 is 5.32 Å². The smallest absolute Gasteiger partial charge is 0.236 e. The van der Waals surface area contributed by atoms with E-state index in [-0.39, 0.29) is 24.8 Å². The molecule has 1 atom stereocenters. The lowest BCUT2D eigenvalue weighted by Crippen LogP contribution is -2.36. The van der Waals surface area contributed by atoms with Gasteiger partial charge in [0.2, 0.25) is 5.89 Å². The molecule has 2 aromatic rings. The van der Waals surface area contributed by atoms with Crippen molar-refractivity contribution in [3.63, 3.8) is 0 Å². The molecule has 1 unspecified atom stereocenters. The number of hydrogen-bond acceptors (Lipinski definition) is 5. The van der Waals surface area contributed by atoms with Crippen LogP contribution in [0.15, 0.2) is 28.2 Å². The molecule has 0 aromatic carbocycles. The lowest BCUT2D eigenvalue weighted by molar-refractivity contribution is 0.239. The molecule has 4 nitrogen and oxygen atoms in total. The van der Waals surface area contributed by atoms with Crippen molar-refractivity contribution in [3.05, 3.63) is 29.5 Å². The number of thiophene rings is 1. The molecule has 3 heterocycles. The number of nitrogens with one attached hydrogen (secondary N) is 1. The van der Waals surface area contributed by atoms with Crippen LogP contribution in [0.2, 0.25) is 0 Å². The number of likely N-dealkylation sites (N-methyl/N-ethyl adjacent to an activating group) is 1. The lowest BCUT2D eigenvalue weighted by atomic mass is 10.2. The lowest BCUT2D eigenvalue weighted by Gasteiger charge is -2.22. The summed E-state index contributed by atoms with van der Waals surface area (Å²) < 4.78 is 5.57. The molecule has 1 saturated heterocycles. The first-order valence-electron chi connectivity index (χ1n) is 6.74. The molecule has 1 N–H and O–H groups in total. The number of nitrogens with zero attached hydrogens (tertiary/aromatic N) is 2. The summed E-state index contributed by atoms with van der Waals surface area (Å²) in [6.07, 6.45) is 4.35. The van der Waals surface area contributed by atoms with Crippen LogP contribution in [-0.4, -0.2) is 36.1 Å². The largest absolute Gasteiger partial charge is 0.444 e. The summed E-state index contributed by atoms with van der Waals surface area (Å²) in [4.78, 5) is 8.18. The summed E-state index contributed by atoms with van der Waals surface area (Å²) in [5, 5.41) is 5.31. The maximum absolute atomic E-state index is 5.57. The number of aromatic nitrogens is 1. The average molecular weight is 350 g/mol. The molecule has 0 bridgehead atoms. The Kier molecular flexibility index (Phi) is 7.70. The Balaban J connectivity index is 0.00000110. The van der Waals surface area contributed by atoms with Crippen LogP contribution in [0, 0.1) is 0 Å². The van der Waals surface area contributed by atoms with Gasteiger partial charge in [-0.15, -0.1) is 36.2 Å². The van der Waals surface area contributed by atoms with Crippen LogP contribution in [0.1, 0.15) is 18.5 Å². The van der Waals surface area contributed by atoms with Gasteiger partial charge in [0.25, 0.3) is 0 Å². The van der Waals surface area contributed by atoms with E-state index in [0.29, 0.717) is 6.04 Å². The van der Waals surface area contributed by atoms with E-state index in [0.717, 1.165) is 36.1 Å². The zero-order chi connectivity index (χ0) is 13.1. The Morgan fingerprint density at radius 2 is 2.33 bits per heavy atom. The third-order valence-corrected chi connectivity index (χ3v) is 4.45. The highest BCUT2D eigenvalue weighted by molar-refractivity contribution is 7.13. The summed E-state index contributed by atoms with van der Waals surface area (Å²) >= 11 is 1.66. The van der Waals surface area contributed by atoms with Crippen LogP contribution in [0.5, 0.6) is 0 Å². The summed E-state index contributed by atoms with van der Waals surface area (Å²) in [6, 6.07) is 4.69. The van der Waals surface area contributed by atoms with Crippen molar-refractivity contribution >= 4 is 36.2 Å². The van der Waals surface area contributed by atoms with E-state index in [9.17, 15) is 0 Å². The fourth-order valence-corrected chi connectivity index (χ4v) is 3.33. The molecule has 3 rings (SSSR count). The Morgan fingerprint density at radius 1 is 1.48 bits per heavy atom. The molecular formula is C14H21Cl2N3OS. The number of halogens is 2. The standard InChI is InChI=1S/C14H19N3OS.2ClH/c1-15-8-12-4-2-6-17(12)9-11-10-18-14(16-11)13-5-3-7-19-13;;/h3,5,7,10,12,15H,2,4,6,8-9H2,1H3;2*1H. The Bertz CT molecular complexity index is 518. The molecule has 1 fully saturated rings. The Hall–Kier alpha value is -0.590. The highest BCUT2D eigenvalue weighted by atomic mass is 35.5. The molecule has 118 valence electrons.